The molecule has 0 aliphatic rings. The number of nitrogens with zero attached hydrogens (tertiary/aromatic N) is 3. The summed E-state index contributed by atoms with van der Waals surface area (Å²) in [5, 5.41) is 3.86. The average Bonchev–Trinajstić information content (AvgIpc) is 2.55. The highest BCUT2D eigenvalue weighted by Crippen LogP contribution is 2.13. The molecule has 0 fully saturated rings. The van der Waals surface area contributed by atoms with E-state index in [0.29, 0.717) is 23.9 Å². The van der Waals surface area contributed by atoms with Crippen LogP contribution in [-0.4, -0.2) is 24.1 Å². The van der Waals surface area contributed by atoms with E-state index in [2.05, 4.69) is 15.0 Å². The maximum absolute atomic E-state index is 12.4. The van der Waals surface area contributed by atoms with Crippen molar-refractivity contribution in [3.63, 3.8) is 0 Å². The monoisotopic (exact) mass is 312 g/mol. The van der Waals surface area contributed by atoms with Gasteiger partial charge in [0, 0.05) is 28.6 Å². The fourth-order valence-electron chi connectivity index (χ4n) is 2.10. The lowest BCUT2D eigenvalue weighted by molar-refractivity contribution is 0.0524. The Balaban J connectivity index is 2.33. The van der Waals surface area contributed by atoms with E-state index in [0.717, 1.165) is 5.56 Å². The highest BCUT2D eigenvalue weighted by Gasteiger charge is 2.13. The summed E-state index contributed by atoms with van der Waals surface area (Å²) in [6.07, 6.45) is 5.68. The molecule has 118 valence electrons. The summed E-state index contributed by atoms with van der Waals surface area (Å²) in [6.45, 7) is 2.28. The second-order valence-electron chi connectivity index (χ2n) is 4.70. The second-order valence-corrected chi connectivity index (χ2v) is 4.70. The van der Waals surface area contributed by atoms with Gasteiger partial charge in [-0.15, -0.1) is 0 Å². The van der Waals surface area contributed by atoms with E-state index >= 15 is 0 Å². The fraction of sp³-hybridized carbons (Fsp3) is 0.250. The van der Waals surface area contributed by atoms with Gasteiger partial charge in [0.05, 0.1) is 6.61 Å². The van der Waals surface area contributed by atoms with Crippen molar-refractivity contribution in [2.75, 3.05) is 13.2 Å². The third-order valence-corrected chi connectivity index (χ3v) is 3.17. The maximum Gasteiger partial charge on any atom is 0.343 e. The van der Waals surface area contributed by atoms with Gasteiger partial charge in [0.1, 0.15) is 5.56 Å². The molecular formula is C16H16N4O3. The summed E-state index contributed by atoms with van der Waals surface area (Å²) in [7, 11) is 0. The van der Waals surface area contributed by atoms with Crippen LogP contribution in [0, 0.1) is 0 Å². The first-order valence-electron chi connectivity index (χ1n) is 7.17. The van der Waals surface area contributed by atoms with Gasteiger partial charge in [-0.3, -0.25) is 4.79 Å². The molecule has 0 bridgehead atoms. The average molecular weight is 312 g/mol. The molecular weight excluding hydrogens is 296 g/mol. The van der Waals surface area contributed by atoms with Crippen molar-refractivity contribution < 1.29 is 9.53 Å². The normalized spacial score (nSPS) is 10.7. The number of esters is 1. The van der Waals surface area contributed by atoms with E-state index in [1.807, 2.05) is 18.2 Å². The van der Waals surface area contributed by atoms with Crippen molar-refractivity contribution >= 4 is 22.9 Å². The number of hydrogen-bond donors (Lipinski definition) is 1. The number of pyridine rings is 1. The number of H-pyrrole nitrogens is 1. The first kappa shape index (κ1) is 16.3. The van der Waals surface area contributed by atoms with Gasteiger partial charge in [-0.25, -0.2) is 4.79 Å². The quantitative estimate of drug-likeness (QED) is 0.290. The number of rotatable bonds is 6. The lowest BCUT2D eigenvalue weighted by Crippen LogP contribution is -2.18. The van der Waals surface area contributed by atoms with Gasteiger partial charge in [0.15, 0.2) is 0 Å². The number of carbonyl (C=O) groups is 1. The molecule has 1 aromatic heterocycles. The first-order valence-corrected chi connectivity index (χ1v) is 7.17. The minimum atomic E-state index is -0.633. The molecule has 23 heavy (non-hydrogen) atoms. The van der Waals surface area contributed by atoms with Crippen molar-refractivity contribution in [1.82, 2.24) is 4.98 Å². The summed E-state index contributed by atoms with van der Waals surface area (Å²) in [5.41, 5.74) is 9.30. The first-order chi connectivity index (χ1) is 11.2. The number of benzene rings is 1. The van der Waals surface area contributed by atoms with Gasteiger partial charge >= 0.3 is 5.97 Å². The predicted octanol–water partition coefficient (Wildman–Crippen LogP) is 3.42. The molecule has 0 spiro atoms. The van der Waals surface area contributed by atoms with Crippen LogP contribution in [0.15, 0.2) is 40.4 Å². The van der Waals surface area contributed by atoms with Crippen LogP contribution in [0.3, 0.4) is 0 Å². The number of carbonyl (C=O) groups excluding carboxylic acids is 1. The fourth-order valence-corrected chi connectivity index (χ4v) is 2.10. The zero-order chi connectivity index (χ0) is 16.7. The Hall–Kier alpha value is -3.05. The van der Waals surface area contributed by atoms with E-state index in [4.69, 9.17) is 10.3 Å². The summed E-state index contributed by atoms with van der Waals surface area (Å²) in [4.78, 5) is 29.8. The van der Waals surface area contributed by atoms with Crippen LogP contribution in [0.25, 0.3) is 27.4 Å². The van der Waals surface area contributed by atoms with Crippen molar-refractivity contribution in [3.05, 3.63) is 62.3 Å². The number of ether oxygens (including phenoxy) is 1. The zero-order valence-corrected chi connectivity index (χ0v) is 12.7. The maximum atomic E-state index is 12.4. The Bertz CT molecular complexity index is 848. The number of hydrogen-bond acceptors (Lipinski definition) is 4. The number of fused-ring (bicyclic) bond motifs is 1. The molecule has 0 atom stereocenters. The summed E-state index contributed by atoms with van der Waals surface area (Å²) in [5.74, 6) is -0.633. The molecule has 1 aromatic carbocycles. The number of nitrogens with one attached hydrogen (secondary N) is 1. The molecule has 7 nitrogen and oxygen atoms in total. The van der Waals surface area contributed by atoms with Gasteiger partial charge in [0.25, 0.3) is 0 Å². The van der Waals surface area contributed by atoms with Gasteiger partial charge < -0.3 is 9.72 Å². The molecule has 0 amide bonds. The second kappa shape index (κ2) is 7.82. The van der Waals surface area contributed by atoms with Gasteiger partial charge in [-0.1, -0.05) is 23.3 Å². The highest BCUT2D eigenvalue weighted by molar-refractivity contribution is 5.93. The highest BCUT2D eigenvalue weighted by atomic mass is 16.5. The third-order valence-electron chi connectivity index (χ3n) is 3.17. The van der Waals surface area contributed by atoms with Crippen LogP contribution in [-0.2, 0) is 4.74 Å². The molecule has 0 unspecified atom stereocenters. The molecule has 2 aromatic rings. The van der Waals surface area contributed by atoms with E-state index in [9.17, 15) is 9.59 Å². The molecule has 1 N–H and O–H groups in total. The number of aromatic nitrogens is 1. The lowest BCUT2D eigenvalue weighted by Gasteiger charge is -2.04. The molecule has 0 aliphatic heterocycles. The topological polar surface area (TPSA) is 108 Å². The molecule has 7 heteroatoms. The summed E-state index contributed by atoms with van der Waals surface area (Å²) < 4.78 is 4.88. The number of azide groups is 1. The van der Waals surface area contributed by atoms with Crippen LogP contribution in [0.4, 0.5) is 0 Å². The Morgan fingerprint density at radius 3 is 3.04 bits per heavy atom. The minimum absolute atomic E-state index is 0.0103. The van der Waals surface area contributed by atoms with Crippen LogP contribution in [0.2, 0.25) is 0 Å². The van der Waals surface area contributed by atoms with Gasteiger partial charge in [0.2, 0.25) is 5.43 Å². The predicted molar refractivity (Wildman–Crippen MR) is 88.2 cm³/mol. The van der Waals surface area contributed by atoms with Crippen molar-refractivity contribution in [2.45, 2.75) is 13.3 Å². The zero-order valence-electron chi connectivity index (χ0n) is 12.7. The van der Waals surface area contributed by atoms with Gasteiger partial charge in [-0.2, -0.15) is 0 Å². The Kier molecular flexibility index (Phi) is 5.55. The van der Waals surface area contributed by atoms with Crippen molar-refractivity contribution in [3.8, 4) is 0 Å². The Morgan fingerprint density at radius 2 is 2.30 bits per heavy atom. The van der Waals surface area contributed by atoms with Crippen molar-refractivity contribution in [1.29, 1.82) is 0 Å². The van der Waals surface area contributed by atoms with E-state index in [1.54, 1.807) is 19.1 Å². The standard InChI is InChI=1S/C16H16N4O3/c1-2-23-16(22)13-10-18-14-7-6-11(9-12(14)15(13)21)5-3-4-8-19-20-17/h3,5-7,9-10H,2,4,8H2,1H3,(H,18,21). The van der Waals surface area contributed by atoms with Crippen molar-refractivity contribution in [2.24, 2.45) is 5.11 Å². The largest absolute Gasteiger partial charge is 0.462 e. The smallest absolute Gasteiger partial charge is 0.343 e. The molecule has 0 aliphatic carbocycles. The minimum Gasteiger partial charge on any atom is -0.462 e. The van der Waals surface area contributed by atoms with Gasteiger partial charge in [-0.05, 0) is 36.6 Å². The lowest BCUT2D eigenvalue weighted by atomic mass is 10.1. The third kappa shape index (κ3) is 3.99. The molecule has 0 saturated heterocycles. The molecule has 1 heterocycles. The molecule has 2 rings (SSSR count). The SMILES string of the molecule is CCOC(=O)c1c[nH]c2ccc(C=CCCN=[N+]=[N-])cc2c1=O. The Labute approximate surface area is 132 Å². The number of aromatic amines is 1. The van der Waals surface area contributed by atoms with Crippen LogP contribution in [0.1, 0.15) is 29.3 Å². The molecule has 0 saturated carbocycles. The van der Waals surface area contributed by atoms with Crippen LogP contribution in [0.5, 0.6) is 0 Å². The summed E-state index contributed by atoms with van der Waals surface area (Å²) in [6, 6.07) is 5.34. The van der Waals surface area contributed by atoms with E-state index in [-0.39, 0.29) is 17.6 Å². The van der Waals surface area contributed by atoms with E-state index < -0.39 is 5.97 Å². The van der Waals surface area contributed by atoms with Crippen LogP contribution >= 0.6 is 0 Å². The Morgan fingerprint density at radius 1 is 1.48 bits per heavy atom. The van der Waals surface area contributed by atoms with E-state index in [1.165, 1.54) is 6.20 Å². The summed E-state index contributed by atoms with van der Waals surface area (Å²) >= 11 is 0. The molecule has 0 radical (unpaired) electrons. The van der Waals surface area contributed by atoms with Crippen LogP contribution < -0.4 is 5.43 Å².